The van der Waals surface area contributed by atoms with E-state index in [1.807, 2.05) is 60.8 Å². The average Bonchev–Trinajstić information content (AvgIpc) is 3.32. The van der Waals surface area contributed by atoms with Crippen LogP contribution in [-0.4, -0.2) is 40.1 Å². The van der Waals surface area contributed by atoms with Crippen molar-refractivity contribution in [2.45, 2.75) is 10.5 Å². The molecule has 136 valence electrons. The van der Waals surface area contributed by atoms with Crippen LogP contribution in [-0.2, 0) is 4.79 Å². The summed E-state index contributed by atoms with van der Waals surface area (Å²) in [6.07, 6.45) is 1.85. The fraction of sp³-hybridized carbons (Fsp3) is 0.150. The lowest BCUT2D eigenvalue weighted by Gasteiger charge is -2.18. The lowest BCUT2D eigenvalue weighted by atomic mass is 10.1. The summed E-state index contributed by atoms with van der Waals surface area (Å²) in [6.45, 7) is 0. The number of thioether (sulfide) groups is 1. The molecule has 0 spiro atoms. The first-order valence-corrected chi connectivity index (χ1v) is 9.34. The Kier molecular flexibility index (Phi) is 4.68. The van der Waals surface area contributed by atoms with Gasteiger partial charge in [-0.15, -0.1) is 10.2 Å². The highest BCUT2D eigenvalue weighted by atomic mass is 32.2. The fourth-order valence-corrected chi connectivity index (χ4v) is 3.86. The van der Waals surface area contributed by atoms with Crippen molar-refractivity contribution in [3.8, 4) is 11.5 Å². The molecule has 2 aromatic carbocycles. The van der Waals surface area contributed by atoms with E-state index in [0.29, 0.717) is 11.1 Å². The van der Waals surface area contributed by atoms with E-state index in [4.69, 9.17) is 4.42 Å². The number of likely N-dealkylation sites (N-methyl/N-ethyl adjacent to an activating group) is 1. The second-order valence-electron chi connectivity index (χ2n) is 6.26. The zero-order chi connectivity index (χ0) is 18.8. The maximum Gasteiger partial charge on any atom is 0.277 e. The molecule has 2 aromatic heterocycles. The average molecular weight is 378 g/mol. The molecule has 7 heteroatoms. The molecule has 0 bridgehead atoms. The number of amides is 1. The second kappa shape index (κ2) is 7.28. The molecule has 1 N–H and O–H groups in total. The summed E-state index contributed by atoms with van der Waals surface area (Å²) < 4.78 is 5.87. The molecule has 4 rings (SSSR count). The van der Waals surface area contributed by atoms with E-state index in [1.54, 1.807) is 19.0 Å². The number of H-pyrrole nitrogens is 1. The molecular weight excluding hydrogens is 360 g/mol. The number of benzene rings is 2. The van der Waals surface area contributed by atoms with Gasteiger partial charge in [-0.25, -0.2) is 0 Å². The highest BCUT2D eigenvalue weighted by Crippen LogP contribution is 2.37. The Morgan fingerprint density at radius 3 is 2.59 bits per heavy atom. The number of fused-ring (bicyclic) bond motifs is 1. The molecule has 0 fully saturated rings. The van der Waals surface area contributed by atoms with E-state index in [1.165, 1.54) is 11.8 Å². The molecule has 0 aliphatic heterocycles. The summed E-state index contributed by atoms with van der Waals surface area (Å²) >= 11 is 1.26. The first-order valence-electron chi connectivity index (χ1n) is 8.46. The van der Waals surface area contributed by atoms with Crippen molar-refractivity contribution in [1.29, 1.82) is 0 Å². The molecule has 0 aliphatic carbocycles. The van der Waals surface area contributed by atoms with Crippen molar-refractivity contribution in [3.63, 3.8) is 0 Å². The number of aromatic amines is 1. The van der Waals surface area contributed by atoms with Gasteiger partial charge >= 0.3 is 0 Å². The lowest BCUT2D eigenvalue weighted by molar-refractivity contribution is -0.128. The number of nitrogens with zero attached hydrogens (tertiary/aromatic N) is 3. The van der Waals surface area contributed by atoms with Crippen molar-refractivity contribution in [3.05, 3.63) is 66.4 Å². The van der Waals surface area contributed by atoms with Gasteiger partial charge < -0.3 is 14.3 Å². The largest absolute Gasteiger partial charge is 0.411 e. The Morgan fingerprint density at radius 1 is 1.07 bits per heavy atom. The van der Waals surface area contributed by atoms with Gasteiger partial charge in [-0.05, 0) is 23.4 Å². The SMILES string of the molecule is CN(C)C(=O)C(Sc1nnc(-c2c[nH]c3ccccc23)o1)c1ccccc1. The van der Waals surface area contributed by atoms with Crippen LogP contribution in [0.1, 0.15) is 10.8 Å². The molecule has 0 saturated heterocycles. The van der Waals surface area contributed by atoms with Crippen LogP contribution in [0.15, 0.2) is 70.4 Å². The van der Waals surface area contributed by atoms with Crippen LogP contribution in [0.25, 0.3) is 22.4 Å². The van der Waals surface area contributed by atoms with Gasteiger partial charge in [0.05, 0.1) is 5.56 Å². The zero-order valence-electron chi connectivity index (χ0n) is 14.9. The molecule has 1 amide bonds. The van der Waals surface area contributed by atoms with Gasteiger partial charge in [-0.3, -0.25) is 4.79 Å². The van der Waals surface area contributed by atoms with Crippen molar-refractivity contribution in [1.82, 2.24) is 20.1 Å². The van der Waals surface area contributed by atoms with Gasteiger partial charge in [0, 0.05) is 31.2 Å². The van der Waals surface area contributed by atoms with Gasteiger partial charge in [0.15, 0.2) is 0 Å². The van der Waals surface area contributed by atoms with E-state index in [9.17, 15) is 4.79 Å². The number of aromatic nitrogens is 3. The van der Waals surface area contributed by atoms with Crippen LogP contribution in [0.3, 0.4) is 0 Å². The van der Waals surface area contributed by atoms with Crippen LogP contribution in [0, 0.1) is 0 Å². The number of carbonyl (C=O) groups is 1. The van der Waals surface area contributed by atoms with Crippen molar-refractivity contribution in [2.75, 3.05) is 14.1 Å². The Bertz CT molecular complexity index is 1070. The first kappa shape index (κ1) is 17.4. The lowest BCUT2D eigenvalue weighted by Crippen LogP contribution is -2.26. The first-order chi connectivity index (χ1) is 13.1. The van der Waals surface area contributed by atoms with Gasteiger partial charge in [0.2, 0.25) is 5.91 Å². The summed E-state index contributed by atoms with van der Waals surface area (Å²) in [5.41, 5.74) is 2.75. The number of hydrogen-bond donors (Lipinski definition) is 1. The fourth-order valence-electron chi connectivity index (χ4n) is 2.84. The maximum atomic E-state index is 12.7. The highest BCUT2D eigenvalue weighted by molar-refractivity contribution is 8.00. The van der Waals surface area contributed by atoms with Crippen molar-refractivity contribution < 1.29 is 9.21 Å². The summed E-state index contributed by atoms with van der Waals surface area (Å²) in [5.74, 6) is 0.400. The van der Waals surface area contributed by atoms with Crippen molar-refractivity contribution >= 4 is 28.6 Å². The Balaban J connectivity index is 1.64. The summed E-state index contributed by atoms with van der Waals surface area (Å²) in [4.78, 5) is 17.4. The van der Waals surface area contributed by atoms with Gasteiger partial charge in [0.1, 0.15) is 5.25 Å². The smallest absolute Gasteiger partial charge is 0.277 e. The minimum atomic E-state index is -0.447. The third-order valence-electron chi connectivity index (χ3n) is 4.21. The second-order valence-corrected chi connectivity index (χ2v) is 7.32. The number of rotatable bonds is 5. The molecule has 6 nitrogen and oxygen atoms in total. The van der Waals surface area contributed by atoms with Crippen molar-refractivity contribution in [2.24, 2.45) is 0 Å². The summed E-state index contributed by atoms with van der Waals surface area (Å²) in [7, 11) is 3.48. The predicted octanol–water partition coefficient (Wildman–Crippen LogP) is 4.14. The molecule has 27 heavy (non-hydrogen) atoms. The molecule has 1 unspecified atom stereocenters. The van der Waals surface area contributed by atoms with E-state index >= 15 is 0 Å². The van der Waals surface area contributed by atoms with Crippen LogP contribution < -0.4 is 0 Å². The van der Waals surface area contributed by atoms with E-state index in [2.05, 4.69) is 15.2 Å². The number of hydrogen-bond acceptors (Lipinski definition) is 5. The molecular formula is C20H18N4O2S. The topological polar surface area (TPSA) is 75.0 Å². The van der Waals surface area contributed by atoms with E-state index in [-0.39, 0.29) is 5.91 Å². The molecule has 0 saturated carbocycles. The van der Waals surface area contributed by atoms with Gasteiger partial charge in [-0.2, -0.15) is 0 Å². The Hall–Kier alpha value is -3.06. The highest BCUT2D eigenvalue weighted by Gasteiger charge is 2.26. The van der Waals surface area contributed by atoms with Crippen LogP contribution >= 0.6 is 11.8 Å². The molecule has 2 heterocycles. The normalized spacial score (nSPS) is 12.2. The van der Waals surface area contributed by atoms with Crippen LogP contribution in [0.2, 0.25) is 0 Å². The van der Waals surface area contributed by atoms with Crippen LogP contribution in [0.4, 0.5) is 0 Å². The molecule has 0 aliphatic rings. The summed E-state index contributed by atoms with van der Waals surface area (Å²) in [6, 6.07) is 17.5. The Labute approximate surface area is 160 Å². The van der Waals surface area contributed by atoms with E-state index in [0.717, 1.165) is 22.0 Å². The molecule has 0 radical (unpaired) electrons. The standard InChI is InChI=1S/C20H18N4O2S/c1-24(2)19(25)17(13-8-4-3-5-9-13)27-20-23-22-18(26-20)15-12-21-16-11-7-6-10-14(15)16/h3-12,17,21H,1-2H3. The minimum Gasteiger partial charge on any atom is -0.411 e. The number of carbonyl (C=O) groups excluding carboxylic acids is 1. The van der Waals surface area contributed by atoms with Gasteiger partial charge in [-0.1, -0.05) is 48.5 Å². The molecule has 1 atom stereocenters. The third kappa shape index (κ3) is 3.46. The monoisotopic (exact) mass is 378 g/mol. The predicted molar refractivity (Wildman–Crippen MR) is 105 cm³/mol. The van der Waals surface area contributed by atoms with Gasteiger partial charge in [0.25, 0.3) is 11.1 Å². The van der Waals surface area contributed by atoms with E-state index < -0.39 is 5.25 Å². The van der Waals surface area contributed by atoms with Crippen LogP contribution in [0.5, 0.6) is 0 Å². The quantitative estimate of drug-likeness (QED) is 0.528. The zero-order valence-corrected chi connectivity index (χ0v) is 15.7. The number of para-hydroxylation sites is 1. The molecule has 4 aromatic rings. The minimum absolute atomic E-state index is 0.0296. The maximum absolute atomic E-state index is 12.7. The summed E-state index contributed by atoms with van der Waals surface area (Å²) in [5, 5.41) is 9.25. The third-order valence-corrected chi connectivity index (χ3v) is 5.29. The Morgan fingerprint density at radius 2 is 1.81 bits per heavy atom. The number of nitrogens with one attached hydrogen (secondary N) is 1.